The van der Waals surface area contributed by atoms with Gasteiger partial charge in [0.15, 0.2) is 11.5 Å². The predicted molar refractivity (Wildman–Crippen MR) is 111 cm³/mol. The highest BCUT2D eigenvalue weighted by Gasteiger charge is 2.14. The van der Waals surface area contributed by atoms with Crippen LogP contribution in [0.3, 0.4) is 0 Å². The minimum absolute atomic E-state index is 0.101. The molecule has 0 fully saturated rings. The van der Waals surface area contributed by atoms with E-state index < -0.39 is 0 Å². The summed E-state index contributed by atoms with van der Waals surface area (Å²) in [5.41, 5.74) is 2.60. The Labute approximate surface area is 166 Å². The molecule has 150 valence electrons. The number of carbonyl (C=O) groups is 2. The molecule has 0 saturated heterocycles. The second kappa shape index (κ2) is 9.78. The lowest BCUT2D eigenvalue weighted by Gasteiger charge is -2.21. The molecular weight excluding hydrogens is 356 g/mol. The van der Waals surface area contributed by atoms with E-state index in [2.05, 4.69) is 19.2 Å². The zero-order valence-electron chi connectivity index (χ0n) is 17.1. The molecule has 0 unspecified atom stereocenters. The Bertz CT molecular complexity index is 816. The zero-order valence-corrected chi connectivity index (χ0v) is 17.1. The van der Waals surface area contributed by atoms with Crippen molar-refractivity contribution in [3.8, 4) is 11.5 Å². The molecule has 2 amide bonds. The van der Waals surface area contributed by atoms with Gasteiger partial charge in [-0.1, -0.05) is 26.0 Å². The molecule has 0 spiro atoms. The first kappa shape index (κ1) is 21.3. The highest BCUT2D eigenvalue weighted by atomic mass is 16.5. The average molecular weight is 384 g/mol. The lowest BCUT2D eigenvalue weighted by Crippen LogP contribution is -2.31. The van der Waals surface area contributed by atoms with Gasteiger partial charge in [0.25, 0.3) is 0 Å². The number of nitrogens with one attached hydrogen (secondary N) is 1. The predicted octanol–water partition coefficient (Wildman–Crippen LogP) is 4.21. The maximum absolute atomic E-state index is 12.3. The van der Waals surface area contributed by atoms with Crippen LogP contribution in [0.4, 0.5) is 11.4 Å². The normalized spacial score (nSPS) is 10.5. The Morgan fingerprint density at radius 3 is 2.18 bits per heavy atom. The smallest absolute Gasteiger partial charge is 0.226 e. The van der Waals surface area contributed by atoms with Gasteiger partial charge in [0, 0.05) is 37.3 Å². The number of carbonyl (C=O) groups excluding carboxylic acids is 2. The van der Waals surface area contributed by atoms with E-state index in [1.165, 1.54) is 12.5 Å². The zero-order chi connectivity index (χ0) is 20.7. The van der Waals surface area contributed by atoms with Crippen LogP contribution in [-0.4, -0.2) is 32.6 Å². The molecule has 0 atom stereocenters. The topological polar surface area (TPSA) is 67.9 Å². The second-order valence-electron chi connectivity index (χ2n) is 6.78. The van der Waals surface area contributed by atoms with Gasteiger partial charge in [-0.2, -0.15) is 0 Å². The van der Waals surface area contributed by atoms with Crippen molar-refractivity contribution in [1.29, 1.82) is 0 Å². The molecule has 6 heteroatoms. The maximum Gasteiger partial charge on any atom is 0.226 e. The van der Waals surface area contributed by atoms with Crippen LogP contribution >= 0.6 is 0 Å². The fourth-order valence-electron chi connectivity index (χ4n) is 2.86. The van der Waals surface area contributed by atoms with E-state index in [1.807, 2.05) is 24.3 Å². The molecule has 2 aromatic carbocycles. The summed E-state index contributed by atoms with van der Waals surface area (Å²) in [5.74, 6) is 1.27. The van der Waals surface area contributed by atoms with E-state index in [9.17, 15) is 9.59 Å². The number of hydrogen-bond donors (Lipinski definition) is 1. The van der Waals surface area contributed by atoms with Crippen LogP contribution in [-0.2, 0) is 9.59 Å². The van der Waals surface area contributed by atoms with Crippen molar-refractivity contribution in [3.05, 3.63) is 48.0 Å². The third kappa shape index (κ3) is 5.49. The van der Waals surface area contributed by atoms with Gasteiger partial charge in [-0.15, -0.1) is 0 Å². The Morgan fingerprint density at radius 1 is 1.00 bits per heavy atom. The van der Waals surface area contributed by atoms with Crippen LogP contribution < -0.4 is 19.7 Å². The Hall–Kier alpha value is -3.02. The maximum atomic E-state index is 12.3. The average Bonchev–Trinajstić information content (AvgIpc) is 2.68. The molecule has 0 aliphatic carbocycles. The lowest BCUT2D eigenvalue weighted by molar-refractivity contribution is -0.117. The van der Waals surface area contributed by atoms with Crippen molar-refractivity contribution >= 4 is 23.2 Å². The van der Waals surface area contributed by atoms with Crippen molar-refractivity contribution in [2.45, 2.75) is 33.1 Å². The van der Waals surface area contributed by atoms with Gasteiger partial charge >= 0.3 is 0 Å². The molecule has 0 bridgehead atoms. The van der Waals surface area contributed by atoms with Gasteiger partial charge in [-0.05, 0) is 35.7 Å². The summed E-state index contributed by atoms with van der Waals surface area (Å²) in [6, 6.07) is 13.0. The third-order valence-electron chi connectivity index (χ3n) is 4.48. The fourth-order valence-corrected chi connectivity index (χ4v) is 2.86. The molecule has 0 radical (unpaired) electrons. The fraction of sp³-hybridized carbons (Fsp3) is 0.364. The SMILES string of the molecule is COc1ccc(NC(=O)CCN(C(C)=O)c2ccc(C(C)C)cc2)cc1OC. The highest BCUT2D eigenvalue weighted by molar-refractivity contribution is 5.95. The first-order valence-corrected chi connectivity index (χ1v) is 9.25. The molecule has 0 aliphatic heterocycles. The first-order valence-electron chi connectivity index (χ1n) is 9.25. The summed E-state index contributed by atoms with van der Waals surface area (Å²) in [6.07, 6.45) is 0.180. The molecular formula is C22H28N2O4. The minimum Gasteiger partial charge on any atom is -0.493 e. The number of amides is 2. The van der Waals surface area contributed by atoms with Crippen LogP contribution in [0.2, 0.25) is 0 Å². The van der Waals surface area contributed by atoms with E-state index in [0.29, 0.717) is 29.6 Å². The second-order valence-corrected chi connectivity index (χ2v) is 6.78. The number of ether oxygens (including phenoxy) is 2. The summed E-state index contributed by atoms with van der Waals surface area (Å²) >= 11 is 0. The van der Waals surface area contributed by atoms with Crippen LogP contribution in [0.15, 0.2) is 42.5 Å². The summed E-state index contributed by atoms with van der Waals surface area (Å²) in [5, 5.41) is 2.83. The molecule has 0 saturated carbocycles. The van der Waals surface area contributed by atoms with Crippen LogP contribution in [0.25, 0.3) is 0 Å². The van der Waals surface area contributed by atoms with Gasteiger partial charge in [-0.3, -0.25) is 9.59 Å². The summed E-state index contributed by atoms with van der Waals surface area (Å²) in [6.45, 7) is 6.05. The molecule has 0 aliphatic rings. The van der Waals surface area contributed by atoms with E-state index in [-0.39, 0.29) is 18.2 Å². The van der Waals surface area contributed by atoms with Crippen LogP contribution in [0.1, 0.15) is 38.7 Å². The van der Waals surface area contributed by atoms with Crippen LogP contribution in [0.5, 0.6) is 11.5 Å². The van der Waals surface area contributed by atoms with E-state index in [1.54, 1.807) is 37.3 Å². The van der Waals surface area contributed by atoms with Crippen molar-refractivity contribution in [1.82, 2.24) is 0 Å². The molecule has 28 heavy (non-hydrogen) atoms. The van der Waals surface area contributed by atoms with Crippen LogP contribution in [0, 0.1) is 0 Å². The summed E-state index contributed by atoms with van der Waals surface area (Å²) in [7, 11) is 3.10. The Kier molecular flexibility index (Phi) is 7.44. The minimum atomic E-state index is -0.183. The number of nitrogens with zero attached hydrogens (tertiary/aromatic N) is 1. The quantitative estimate of drug-likeness (QED) is 0.740. The number of hydrogen-bond acceptors (Lipinski definition) is 4. The van der Waals surface area contributed by atoms with Crippen molar-refractivity contribution in [3.63, 3.8) is 0 Å². The van der Waals surface area contributed by atoms with E-state index in [4.69, 9.17) is 9.47 Å². The van der Waals surface area contributed by atoms with Gasteiger partial charge < -0.3 is 19.7 Å². The molecule has 0 heterocycles. The van der Waals surface area contributed by atoms with E-state index in [0.717, 1.165) is 5.69 Å². The van der Waals surface area contributed by atoms with E-state index >= 15 is 0 Å². The molecule has 2 rings (SSSR count). The monoisotopic (exact) mass is 384 g/mol. The molecule has 6 nitrogen and oxygen atoms in total. The van der Waals surface area contributed by atoms with Crippen molar-refractivity contribution in [2.24, 2.45) is 0 Å². The molecule has 1 N–H and O–H groups in total. The standard InChI is InChI=1S/C22H28N2O4/c1-15(2)17-6-9-19(10-7-17)24(16(3)25)13-12-22(26)23-18-8-11-20(27-4)21(14-18)28-5/h6-11,14-15H,12-13H2,1-5H3,(H,23,26). The largest absolute Gasteiger partial charge is 0.493 e. The number of rotatable bonds is 8. The third-order valence-corrected chi connectivity index (χ3v) is 4.48. The van der Waals surface area contributed by atoms with Gasteiger partial charge in [0.1, 0.15) is 0 Å². The highest BCUT2D eigenvalue weighted by Crippen LogP contribution is 2.29. The Morgan fingerprint density at radius 2 is 1.64 bits per heavy atom. The summed E-state index contributed by atoms with van der Waals surface area (Å²) < 4.78 is 10.4. The number of benzene rings is 2. The van der Waals surface area contributed by atoms with Crippen molar-refractivity contribution < 1.29 is 19.1 Å². The number of anilines is 2. The lowest BCUT2D eigenvalue weighted by atomic mass is 10.0. The summed E-state index contributed by atoms with van der Waals surface area (Å²) in [4.78, 5) is 26.0. The first-order chi connectivity index (χ1) is 13.3. The van der Waals surface area contributed by atoms with Gasteiger partial charge in [0.05, 0.1) is 14.2 Å². The molecule has 0 aromatic heterocycles. The number of methoxy groups -OCH3 is 2. The Balaban J connectivity index is 2.01. The molecule has 2 aromatic rings. The van der Waals surface area contributed by atoms with Crippen molar-refractivity contribution in [2.75, 3.05) is 31.0 Å². The van der Waals surface area contributed by atoms with Gasteiger partial charge in [0.2, 0.25) is 11.8 Å². The van der Waals surface area contributed by atoms with Gasteiger partial charge in [-0.25, -0.2) is 0 Å².